The zero-order valence-corrected chi connectivity index (χ0v) is 14.5. The van der Waals surface area contributed by atoms with Gasteiger partial charge in [-0.05, 0) is 25.1 Å². The van der Waals surface area contributed by atoms with E-state index in [9.17, 15) is 9.59 Å². The fourth-order valence-electron chi connectivity index (χ4n) is 3.03. The predicted octanol–water partition coefficient (Wildman–Crippen LogP) is 2.67. The summed E-state index contributed by atoms with van der Waals surface area (Å²) in [6.07, 6.45) is 0.242. The van der Waals surface area contributed by atoms with Crippen LogP contribution in [0.3, 0.4) is 0 Å². The monoisotopic (exact) mass is 338 g/mol. The van der Waals surface area contributed by atoms with Crippen LogP contribution in [0.2, 0.25) is 0 Å². The Bertz CT molecular complexity index is 771. The average molecular weight is 338 g/mol. The second-order valence-corrected chi connectivity index (χ2v) is 6.27. The summed E-state index contributed by atoms with van der Waals surface area (Å²) in [6, 6.07) is 15.3. The van der Waals surface area contributed by atoms with E-state index in [0.717, 1.165) is 22.6 Å². The Kier molecular flexibility index (Phi) is 5.03. The molecule has 2 aromatic rings. The van der Waals surface area contributed by atoms with E-state index in [-0.39, 0.29) is 24.2 Å². The van der Waals surface area contributed by atoms with Crippen molar-refractivity contribution in [3.05, 3.63) is 59.7 Å². The topological polar surface area (TPSA) is 58.6 Å². The highest BCUT2D eigenvalue weighted by atomic mass is 16.5. The third-order valence-electron chi connectivity index (χ3n) is 4.49. The van der Waals surface area contributed by atoms with Crippen LogP contribution in [0.25, 0.3) is 0 Å². The Morgan fingerprint density at radius 3 is 2.64 bits per heavy atom. The summed E-state index contributed by atoms with van der Waals surface area (Å²) < 4.78 is 5.29. The van der Waals surface area contributed by atoms with Crippen molar-refractivity contribution < 1.29 is 14.3 Å². The number of nitrogens with one attached hydrogen (secondary N) is 1. The number of methoxy groups -OCH3 is 1. The Morgan fingerprint density at radius 1 is 1.20 bits per heavy atom. The zero-order valence-electron chi connectivity index (χ0n) is 14.5. The fourth-order valence-corrected chi connectivity index (χ4v) is 3.03. The molecular formula is C20H22N2O3. The summed E-state index contributed by atoms with van der Waals surface area (Å²) in [5.74, 6) is 0.297. The summed E-state index contributed by atoms with van der Waals surface area (Å²) in [7, 11) is 1.61. The number of hydrogen-bond acceptors (Lipinski definition) is 3. The number of para-hydroxylation sites is 1. The molecule has 5 heteroatoms. The van der Waals surface area contributed by atoms with Crippen LogP contribution in [0, 0.1) is 12.8 Å². The Hall–Kier alpha value is -2.82. The van der Waals surface area contributed by atoms with Crippen molar-refractivity contribution in [1.82, 2.24) is 5.32 Å². The van der Waals surface area contributed by atoms with Gasteiger partial charge in [-0.1, -0.05) is 35.9 Å². The minimum atomic E-state index is -0.330. The van der Waals surface area contributed by atoms with Gasteiger partial charge < -0.3 is 15.0 Å². The molecule has 1 saturated heterocycles. The van der Waals surface area contributed by atoms with Crippen molar-refractivity contribution in [3.8, 4) is 5.75 Å². The second-order valence-electron chi connectivity index (χ2n) is 6.27. The smallest absolute Gasteiger partial charge is 0.227 e. The van der Waals surface area contributed by atoms with Crippen molar-refractivity contribution in [3.63, 3.8) is 0 Å². The van der Waals surface area contributed by atoms with Gasteiger partial charge in [0.05, 0.1) is 13.0 Å². The maximum Gasteiger partial charge on any atom is 0.227 e. The maximum absolute atomic E-state index is 12.5. The molecule has 1 heterocycles. The molecule has 1 aliphatic heterocycles. The van der Waals surface area contributed by atoms with Gasteiger partial charge in [-0.3, -0.25) is 9.59 Å². The second kappa shape index (κ2) is 7.38. The maximum atomic E-state index is 12.5. The number of anilines is 1. The van der Waals surface area contributed by atoms with Gasteiger partial charge in [0.15, 0.2) is 0 Å². The number of nitrogens with zero attached hydrogens (tertiary/aromatic N) is 1. The van der Waals surface area contributed by atoms with Gasteiger partial charge in [-0.25, -0.2) is 0 Å². The molecule has 1 fully saturated rings. The van der Waals surface area contributed by atoms with Gasteiger partial charge in [0.1, 0.15) is 5.75 Å². The van der Waals surface area contributed by atoms with Gasteiger partial charge in [-0.2, -0.15) is 0 Å². The first-order valence-electron chi connectivity index (χ1n) is 8.35. The first-order chi connectivity index (χ1) is 12.1. The zero-order chi connectivity index (χ0) is 17.8. The van der Waals surface area contributed by atoms with Crippen LogP contribution >= 0.6 is 0 Å². The number of hydrogen-bond donors (Lipinski definition) is 1. The third kappa shape index (κ3) is 3.82. The molecule has 0 spiro atoms. The number of aryl methyl sites for hydroxylation is 1. The normalized spacial score (nSPS) is 16.8. The summed E-state index contributed by atoms with van der Waals surface area (Å²) >= 11 is 0. The molecule has 2 amide bonds. The lowest BCUT2D eigenvalue weighted by molar-refractivity contribution is -0.126. The van der Waals surface area contributed by atoms with Crippen LogP contribution < -0.4 is 15.0 Å². The van der Waals surface area contributed by atoms with Crippen molar-refractivity contribution >= 4 is 17.5 Å². The van der Waals surface area contributed by atoms with Crippen molar-refractivity contribution in [2.45, 2.75) is 19.9 Å². The largest absolute Gasteiger partial charge is 0.496 e. The fraction of sp³-hybridized carbons (Fsp3) is 0.300. The highest BCUT2D eigenvalue weighted by Crippen LogP contribution is 2.25. The summed E-state index contributed by atoms with van der Waals surface area (Å²) in [5.41, 5.74) is 2.90. The number of carbonyl (C=O) groups is 2. The molecule has 130 valence electrons. The van der Waals surface area contributed by atoms with Gasteiger partial charge in [-0.15, -0.1) is 0 Å². The summed E-state index contributed by atoms with van der Waals surface area (Å²) in [5, 5.41) is 2.92. The van der Waals surface area contributed by atoms with Gasteiger partial charge in [0.2, 0.25) is 11.8 Å². The van der Waals surface area contributed by atoms with Crippen molar-refractivity contribution in [2.24, 2.45) is 5.92 Å². The van der Waals surface area contributed by atoms with Crippen LogP contribution in [0.1, 0.15) is 17.5 Å². The number of rotatable bonds is 5. The molecule has 5 nitrogen and oxygen atoms in total. The van der Waals surface area contributed by atoms with E-state index in [0.29, 0.717) is 13.1 Å². The predicted molar refractivity (Wildman–Crippen MR) is 96.5 cm³/mol. The van der Waals surface area contributed by atoms with Gasteiger partial charge in [0.25, 0.3) is 0 Å². The highest BCUT2D eigenvalue weighted by Gasteiger charge is 2.34. The van der Waals surface area contributed by atoms with Crippen LogP contribution in [0.5, 0.6) is 5.75 Å². The lowest BCUT2D eigenvalue weighted by atomic mass is 10.1. The molecule has 1 aliphatic rings. The van der Waals surface area contributed by atoms with E-state index >= 15 is 0 Å². The first kappa shape index (κ1) is 17.0. The molecule has 1 N–H and O–H groups in total. The van der Waals surface area contributed by atoms with Gasteiger partial charge >= 0.3 is 0 Å². The van der Waals surface area contributed by atoms with Gasteiger partial charge in [0, 0.05) is 30.8 Å². The molecule has 0 saturated carbocycles. The van der Waals surface area contributed by atoms with E-state index in [4.69, 9.17) is 4.74 Å². The van der Waals surface area contributed by atoms with Crippen LogP contribution in [-0.2, 0) is 16.1 Å². The minimum Gasteiger partial charge on any atom is -0.496 e. The molecule has 0 bridgehead atoms. The lowest BCUT2D eigenvalue weighted by Crippen LogP contribution is -2.32. The van der Waals surface area contributed by atoms with Crippen LogP contribution in [0.15, 0.2) is 48.5 Å². The molecule has 0 aliphatic carbocycles. The molecule has 1 unspecified atom stereocenters. The number of amides is 2. The SMILES string of the molecule is COc1ccccc1CNC(=O)C1CC(=O)N(c2ccc(C)cc2)C1. The summed E-state index contributed by atoms with van der Waals surface area (Å²) in [6.45, 7) is 2.81. The lowest BCUT2D eigenvalue weighted by Gasteiger charge is -2.17. The first-order valence-corrected chi connectivity index (χ1v) is 8.35. The van der Waals surface area contributed by atoms with Crippen LogP contribution in [0.4, 0.5) is 5.69 Å². The third-order valence-corrected chi connectivity index (χ3v) is 4.49. The minimum absolute atomic E-state index is 0.0127. The van der Waals surface area contributed by atoms with E-state index in [1.807, 2.05) is 55.5 Å². The molecule has 0 aromatic heterocycles. The van der Waals surface area contributed by atoms with E-state index in [1.165, 1.54) is 0 Å². The highest BCUT2D eigenvalue weighted by molar-refractivity contribution is 6.00. The molecule has 0 radical (unpaired) electrons. The molecule has 3 rings (SSSR count). The summed E-state index contributed by atoms with van der Waals surface area (Å²) in [4.78, 5) is 26.4. The standard InChI is InChI=1S/C20H22N2O3/c1-14-7-9-17(10-8-14)22-13-16(11-19(22)23)20(24)21-12-15-5-3-4-6-18(15)25-2/h3-10,16H,11-13H2,1-2H3,(H,21,24). The van der Waals surface area contributed by atoms with E-state index in [2.05, 4.69) is 5.32 Å². The molecule has 1 atom stereocenters. The number of ether oxygens (including phenoxy) is 1. The Morgan fingerprint density at radius 2 is 1.92 bits per heavy atom. The number of benzene rings is 2. The van der Waals surface area contributed by atoms with Crippen LogP contribution in [-0.4, -0.2) is 25.5 Å². The average Bonchev–Trinajstić information content (AvgIpc) is 3.02. The molecule has 25 heavy (non-hydrogen) atoms. The quantitative estimate of drug-likeness (QED) is 0.912. The van der Waals surface area contributed by atoms with E-state index in [1.54, 1.807) is 12.0 Å². The Balaban J connectivity index is 1.62. The van der Waals surface area contributed by atoms with E-state index < -0.39 is 0 Å². The van der Waals surface area contributed by atoms with Crippen molar-refractivity contribution in [1.29, 1.82) is 0 Å². The molecular weight excluding hydrogens is 316 g/mol. The number of carbonyl (C=O) groups excluding carboxylic acids is 2. The molecule has 2 aromatic carbocycles. The Labute approximate surface area is 147 Å². The van der Waals surface area contributed by atoms with Crippen molar-refractivity contribution in [2.75, 3.05) is 18.6 Å².